The molecule has 0 spiro atoms. The van der Waals surface area contributed by atoms with Crippen molar-refractivity contribution >= 4 is 44.8 Å². The molecule has 2 heterocycles. The van der Waals surface area contributed by atoms with Crippen LogP contribution >= 0.6 is 23.2 Å². The molecule has 5 rings (SSSR count). The highest BCUT2D eigenvalue weighted by molar-refractivity contribution is 7.92. The van der Waals surface area contributed by atoms with Gasteiger partial charge >= 0.3 is 0 Å². The van der Waals surface area contributed by atoms with E-state index in [2.05, 4.69) is 10.0 Å². The quantitative estimate of drug-likeness (QED) is 0.241. The highest BCUT2D eigenvalue weighted by Gasteiger charge is 2.25. The van der Waals surface area contributed by atoms with Gasteiger partial charge in [-0.2, -0.15) is 0 Å². The maximum absolute atomic E-state index is 13.2. The van der Waals surface area contributed by atoms with Gasteiger partial charge in [-0.25, -0.2) is 8.42 Å². The summed E-state index contributed by atoms with van der Waals surface area (Å²) in [5, 5.41) is 4.20. The molecule has 0 unspecified atom stereocenters. The average Bonchev–Trinajstić information content (AvgIpc) is 3.00. The molecular formula is C32H37Cl2N3O4S. The van der Waals surface area contributed by atoms with Crippen molar-refractivity contribution in [2.45, 2.75) is 49.8 Å². The number of ether oxygens (including phenoxy) is 1. The summed E-state index contributed by atoms with van der Waals surface area (Å²) in [5.74, 6) is 2.12. The van der Waals surface area contributed by atoms with E-state index >= 15 is 0 Å². The summed E-state index contributed by atoms with van der Waals surface area (Å²) in [6.45, 7) is 3.79. The summed E-state index contributed by atoms with van der Waals surface area (Å²) < 4.78 is 34.9. The van der Waals surface area contributed by atoms with Crippen molar-refractivity contribution in [2.24, 2.45) is 11.8 Å². The summed E-state index contributed by atoms with van der Waals surface area (Å²) in [6.07, 6.45) is 8.48. The van der Waals surface area contributed by atoms with Crippen LogP contribution in [-0.2, 0) is 10.0 Å². The Morgan fingerprint density at radius 2 is 1.55 bits per heavy atom. The molecular weight excluding hydrogens is 593 g/mol. The summed E-state index contributed by atoms with van der Waals surface area (Å²) in [7, 11) is -3.95. The zero-order valence-electron chi connectivity index (χ0n) is 23.5. The number of nitrogens with one attached hydrogen (secondary N) is 2. The molecule has 0 saturated carbocycles. The lowest BCUT2D eigenvalue weighted by molar-refractivity contribution is 0.0685. The molecule has 2 aliphatic rings. The minimum Gasteiger partial charge on any atom is -0.454 e. The first-order valence-electron chi connectivity index (χ1n) is 14.6. The van der Waals surface area contributed by atoms with E-state index in [1.807, 2.05) is 4.90 Å². The second kappa shape index (κ2) is 14.1. The second-order valence-electron chi connectivity index (χ2n) is 11.2. The molecule has 0 radical (unpaired) electrons. The number of benzene rings is 3. The van der Waals surface area contributed by atoms with Crippen molar-refractivity contribution in [1.29, 1.82) is 0 Å². The molecule has 0 aliphatic carbocycles. The Bertz CT molecular complexity index is 1470. The molecule has 0 bridgehead atoms. The fraction of sp³-hybridized carbons (Fsp3) is 0.406. The van der Waals surface area contributed by atoms with E-state index in [0.29, 0.717) is 27.3 Å². The maximum atomic E-state index is 13.2. The number of likely N-dealkylation sites (tertiary alicyclic amines) is 1. The van der Waals surface area contributed by atoms with Crippen LogP contribution in [0.25, 0.3) is 0 Å². The monoisotopic (exact) mass is 629 g/mol. The van der Waals surface area contributed by atoms with Crippen molar-refractivity contribution in [2.75, 3.05) is 30.9 Å². The summed E-state index contributed by atoms with van der Waals surface area (Å²) in [5.41, 5.74) is 0.738. The lowest BCUT2D eigenvalue weighted by atomic mass is 9.87. The molecule has 1 amide bonds. The lowest BCUT2D eigenvalue weighted by Crippen LogP contribution is -2.38. The van der Waals surface area contributed by atoms with Gasteiger partial charge in [-0.3, -0.25) is 9.52 Å². The number of hydrogen-bond acceptors (Lipinski definition) is 5. The van der Waals surface area contributed by atoms with Gasteiger partial charge in [0.05, 0.1) is 15.6 Å². The van der Waals surface area contributed by atoms with E-state index in [1.54, 1.807) is 54.6 Å². The second-order valence-corrected chi connectivity index (χ2v) is 13.7. The highest BCUT2D eigenvalue weighted by Crippen LogP contribution is 2.36. The average molecular weight is 631 g/mol. The molecule has 10 heteroatoms. The number of halogens is 2. The van der Waals surface area contributed by atoms with Crippen LogP contribution in [0.3, 0.4) is 0 Å². The molecule has 2 fully saturated rings. The van der Waals surface area contributed by atoms with Crippen molar-refractivity contribution in [1.82, 2.24) is 10.2 Å². The first-order chi connectivity index (χ1) is 20.3. The van der Waals surface area contributed by atoms with Gasteiger partial charge in [0.15, 0.2) is 5.75 Å². The van der Waals surface area contributed by atoms with Crippen molar-refractivity contribution < 1.29 is 17.9 Å². The number of hydrogen-bond donors (Lipinski definition) is 2. The molecule has 7 nitrogen and oxygen atoms in total. The number of carbonyl (C=O) groups excluding carboxylic acids is 1. The summed E-state index contributed by atoms with van der Waals surface area (Å²) in [6, 6.07) is 17.6. The minimum atomic E-state index is -3.95. The Morgan fingerprint density at radius 1 is 0.881 bits per heavy atom. The predicted molar refractivity (Wildman–Crippen MR) is 168 cm³/mol. The molecule has 2 aliphatic heterocycles. The molecule has 2 N–H and O–H groups in total. The summed E-state index contributed by atoms with van der Waals surface area (Å²) >= 11 is 12.2. The van der Waals surface area contributed by atoms with Crippen LogP contribution in [0.4, 0.5) is 5.69 Å². The van der Waals surface area contributed by atoms with E-state index in [1.165, 1.54) is 44.2 Å². The van der Waals surface area contributed by atoms with Crippen LogP contribution in [0, 0.1) is 11.8 Å². The predicted octanol–water partition coefficient (Wildman–Crippen LogP) is 7.61. The Kier molecular flexibility index (Phi) is 10.3. The van der Waals surface area contributed by atoms with Gasteiger partial charge in [0.2, 0.25) is 0 Å². The van der Waals surface area contributed by atoms with Gasteiger partial charge in [0, 0.05) is 23.7 Å². The number of amides is 1. The van der Waals surface area contributed by atoms with Gasteiger partial charge in [-0.05, 0) is 105 Å². The molecule has 0 aromatic heterocycles. The fourth-order valence-electron chi connectivity index (χ4n) is 5.77. The topological polar surface area (TPSA) is 87.7 Å². The normalized spacial score (nSPS) is 16.8. The summed E-state index contributed by atoms with van der Waals surface area (Å²) in [4.78, 5) is 15.1. The van der Waals surface area contributed by atoms with Gasteiger partial charge in [0.25, 0.3) is 15.9 Å². The van der Waals surface area contributed by atoms with Crippen LogP contribution in [0.1, 0.15) is 55.3 Å². The van der Waals surface area contributed by atoms with Crippen LogP contribution in [-0.4, -0.2) is 45.4 Å². The smallest absolute Gasteiger partial charge is 0.262 e. The van der Waals surface area contributed by atoms with Gasteiger partial charge in [0.1, 0.15) is 5.75 Å². The molecule has 42 heavy (non-hydrogen) atoms. The van der Waals surface area contributed by atoms with Crippen LogP contribution in [0.2, 0.25) is 10.0 Å². The molecule has 3 aromatic rings. The van der Waals surface area contributed by atoms with Crippen LogP contribution in [0.5, 0.6) is 11.5 Å². The number of sulfonamides is 1. The third-order valence-corrected chi connectivity index (χ3v) is 10.2. The van der Waals surface area contributed by atoms with E-state index in [-0.39, 0.29) is 22.2 Å². The third-order valence-electron chi connectivity index (χ3n) is 8.24. The van der Waals surface area contributed by atoms with Crippen LogP contribution < -0.4 is 14.8 Å². The maximum Gasteiger partial charge on any atom is 0.262 e. The standard InChI is InChI=1S/C32H37Cl2N3O4S/c33-26-10-13-30(28(34)22-26)41-31-7-2-1-6-29(31)36-42(39,40)27-11-8-25(9-12-27)32(38)37-20-16-24(17-21-37)5-3-4-23-14-18-35-19-15-23/h1-2,6-13,22-24,35-36H,3-5,14-21H2. The number of piperidine rings is 2. The van der Waals surface area contributed by atoms with E-state index < -0.39 is 10.0 Å². The van der Waals surface area contributed by atoms with Crippen molar-refractivity contribution in [3.05, 3.63) is 82.3 Å². The van der Waals surface area contributed by atoms with E-state index in [0.717, 1.165) is 44.9 Å². The van der Waals surface area contributed by atoms with Crippen molar-refractivity contribution in [3.8, 4) is 11.5 Å². The van der Waals surface area contributed by atoms with Crippen LogP contribution in [0.15, 0.2) is 71.6 Å². The molecule has 224 valence electrons. The van der Waals surface area contributed by atoms with Gasteiger partial charge in [-0.15, -0.1) is 0 Å². The number of carbonyl (C=O) groups is 1. The first kappa shape index (κ1) is 30.7. The zero-order chi connectivity index (χ0) is 29.5. The molecule has 3 aromatic carbocycles. The van der Waals surface area contributed by atoms with Crippen molar-refractivity contribution in [3.63, 3.8) is 0 Å². The van der Waals surface area contributed by atoms with Gasteiger partial charge in [-0.1, -0.05) is 54.6 Å². The number of para-hydroxylation sites is 2. The number of rotatable bonds is 10. The Morgan fingerprint density at radius 3 is 2.24 bits per heavy atom. The van der Waals surface area contributed by atoms with E-state index in [9.17, 15) is 13.2 Å². The largest absolute Gasteiger partial charge is 0.454 e. The SMILES string of the molecule is O=C(c1ccc(S(=O)(=O)Nc2ccccc2Oc2ccc(Cl)cc2Cl)cc1)N1CCC(CCCC2CCNCC2)CC1. The first-order valence-corrected chi connectivity index (χ1v) is 16.9. The molecule has 2 saturated heterocycles. The lowest BCUT2D eigenvalue weighted by Gasteiger charge is -2.32. The zero-order valence-corrected chi connectivity index (χ0v) is 25.9. The number of nitrogens with zero attached hydrogens (tertiary/aromatic N) is 1. The Hall–Kier alpha value is -2.78. The molecule has 0 atom stereocenters. The Labute approximate surface area is 258 Å². The van der Waals surface area contributed by atoms with Gasteiger partial charge < -0.3 is 15.0 Å². The number of anilines is 1. The minimum absolute atomic E-state index is 0.0471. The highest BCUT2D eigenvalue weighted by atomic mass is 35.5. The Balaban J connectivity index is 1.15. The van der Waals surface area contributed by atoms with E-state index in [4.69, 9.17) is 27.9 Å². The fourth-order valence-corrected chi connectivity index (χ4v) is 7.29. The third kappa shape index (κ3) is 7.98.